The van der Waals surface area contributed by atoms with Crippen LogP contribution in [-0.2, 0) is 0 Å². The highest BCUT2D eigenvalue weighted by Gasteiger charge is 2.21. The van der Waals surface area contributed by atoms with E-state index in [9.17, 15) is 9.59 Å². The summed E-state index contributed by atoms with van der Waals surface area (Å²) >= 11 is 0. The van der Waals surface area contributed by atoms with Gasteiger partial charge in [-0.2, -0.15) is 0 Å². The van der Waals surface area contributed by atoms with Gasteiger partial charge >= 0.3 is 0 Å². The highest BCUT2D eigenvalue weighted by atomic mass is 16.3. The van der Waals surface area contributed by atoms with Crippen molar-refractivity contribution in [3.63, 3.8) is 0 Å². The number of aromatic nitrogens is 2. The number of aromatic amines is 1. The first-order valence-corrected chi connectivity index (χ1v) is 6.51. The van der Waals surface area contributed by atoms with Gasteiger partial charge in [-0.05, 0) is 26.2 Å². The number of fused-ring (bicyclic) bond motifs is 1. The van der Waals surface area contributed by atoms with Crippen LogP contribution in [0.25, 0.3) is 11.1 Å². The molecule has 0 aliphatic carbocycles. The Bertz CT molecular complexity index is 659. The van der Waals surface area contributed by atoms with Gasteiger partial charge in [0.05, 0.1) is 11.9 Å². The van der Waals surface area contributed by atoms with E-state index in [1.165, 1.54) is 6.33 Å². The zero-order valence-corrected chi connectivity index (χ0v) is 11.2. The molecule has 0 radical (unpaired) electrons. The van der Waals surface area contributed by atoms with Crippen LogP contribution in [0.4, 0.5) is 0 Å². The second-order valence-electron chi connectivity index (χ2n) is 4.49. The molecular weight excluding hydrogens is 262 g/mol. The molecule has 0 saturated heterocycles. The molecule has 0 aliphatic heterocycles. The molecule has 0 unspecified atom stereocenters. The normalized spacial score (nSPS) is 10.9. The van der Waals surface area contributed by atoms with E-state index in [4.69, 9.17) is 9.52 Å². The molecule has 0 atom stereocenters. The van der Waals surface area contributed by atoms with E-state index in [1.54, 1.807) is 6.92 Å². The number of carbonyl (C=O) groups is 1. The summed E-state index contributed by atoms with van der Waals surface area (Å²) in [5.74, 6) is 0.0285. The Morgan fingerprint density at radius 3 is 3.00 bits per heavy atom. The molecule has 7 heteroatoms. The summed E-state index contributed by atoms with van der Waals surface area (Å²) in [5, 5.41) is 11.6. The quantitative estimate of drug-likeness (QED) is 0.675. The number of H-pyrrole nitrogens is 1. The van der Waals surface area contributed by atoms with Crippen LogP contribution in [-0.4, -0.2) is 34.1 Å². The number of unbranched alkanes of at least 4 members (excludes halogenated alkanes) is 2. The van der Waals surface area contributed by atoms with Gasteiger partial charge in [-0.15, -0.1) is 0 Å². The third kappa shape index (κ3) is 2.88. The largest absolute Gasteiger partial charge is 0.442 e. The van der Waals surface area contributed by atoms with Crippen molar-refractivity contribution in [2.75, 3.05) is 13.2 Å². The van der Waals surface area contributed by atoms with Gasteiger partial charge < -0.3 is 19.8 Å². The fraction of sp³-hybridized carbons (Fsp3) is 0.462. The number of nitrogens with one attached hydrogen (secondary N) is 2. The number of carbonyl (C=O) groups excluding carboxylic acids is 1. The monoisotopic (exact) mass is 279 g/mol. The van der Waals surface area contributed by atoms with Gasteiger partial charge in [0.1, 0.15) is 11.1 Å². The minimum Gasteiger partial charge on any atom is -0.442 e. The Morgan fingerprint density at radius 1 is 1.45 bits per heavy atom. The van der Waals surface area contributed by atoms with Crippen molar-refractivity contribution in [2.24, 2.45) is 0 Å². The van der Waals surface area contributed by atoms with E-state index in [2.05, 4.69) is 15.3 Å². The van der Waals surface area contributed by atoms with E-state index in [0.717, 1.165) is 12.8 Å². The zero-order chi connectivity index (χ0) is 14.5. The lowest BCUT2D eigenvalue weighted by molar-refractivity contribution is 0.0952. The Morgan fingerprint density at radius 2 is 2.25 bits per heavy atom. The number of hydrogen-bond donors (Lipinski definition) is 3. The maximum atomic E-state index is 12.1. The smallest absolute Gasteiger partial charge is 0.262 e. The molecule has 0 fully saturated rings. The van der Waals surface area contributed by atoms with Crippen LogP contribution in [0.15, 0.2) is 15.5 Å². The maximum absolute atomic E-state index is 12.1. The molecule has 108 valence electrons. The van der Waals surface area contributed by atoms with E-state index < -0.39 is 5.56 Å². The lowest BCUT2D eigenvalue weighted by Crippen LogP contribution is -2.26. The van der Waals surface area contributed by atoms with Crippen LogP contribution in [0.5, 0.6) is 0 Å². The summed E-state index contributed by atoms with van der Waals surface area (Å²) < 4.78 is 5.32. The first kappa shape index (κ1) is 14.3. The average Bonchev–Trinajstić information content (AvgIpc) is 2.76. The standard InChI is InChI=1S/C13H17N3O4/c1-8-9(11(18)14-5-3-2-4-6-17)10-12(19)15-7-16-13(10)20-8/h7,17H,2-6H2,1H3,(H,14,18)(H,15,16,19). The number of aliphatic hydroxyl groups excluding tert-OH is 1. The van der Waals surface area contributed by atoms with Crippen molar-refractivity contribution >= 4 is 17.0 Å². The molecule has 0 bridgehead atoms. The number of aryl methyl sites for hydroxylation is 1. The van der Waals surface area contributed by atoms with Crippen LogP contribution < -0.4 is 10.9 Å². The summed E-state index contributed by atoms with van der Waals surface area (Å²) in [5.41, 5.74) is 0.00506. The first-order chi connectivity index (χ1) is 9.65. The lowest BCUT2D eigenvalue weighted by atomic mass is 10.1. The fourth-order valence-corrected chi connectivity index (χ4v) is 2.03. The molecule has 3 N–H and O–H groups in total. The van der Waals surface area contributed by atoms with Crippen molar-refractivity contribution in [1.29, 1.82) is 0 Å². The number of amides is 1. The highest BCUT2D eigenvalue weighted by Crippen LogP contribution is 2.20. The molecule has 0 aromatic carbocycles. The van der Waals surface area contributed by atoms with Crippen LogP contribution in [0.1, 0.15) is 35.4 Å². The summed E-state index contributed by atoms with van der Waals surface area (Å²) in [4.78, 5) is 30.2. The van der Waals surface area contributed by atoms with E-state index in [0.29, 0.717) is 18.7 Å². The summed E-state index contributed by atoms with van der Waals surface area (Å²) in [6, 6.07) is 0. The topological polar surface area (TPSA) is 108 Å². The van der Waals surface area contributed by atoms with Crippen molar-refractivity contribution in [1.82, 2.24) is 15.3 Å². The van der Waals surface area contributed by atoms with Gasteiger partial charge in [0.15, 0.2) is 0 Å². The van der Waals surface area contributed by atoms with Gasteiger partial charge in [0.2, 0.25) is 5.71 Å². The van der Waals surface area contributed by atoms with E-state index in [1.807, 2.05) is 0 Å². The number of hydrogen-bond acceptors (Lipinski definition) is 5. The molecule has 0 aliphatic rings. The first-order valence-electron chi connectivity index (χ1n) is 6.51. The van der Waals surface area contributed by atoms with Crippen molar-refractivity contribution < 1.29 is 14.3 Å². The summed E-state index contributed by atoms with van der Waals surface area (Å²) in [6.07, 6.45) is 3.57. The van der Waals surface area contributed by atoms with Gasteiger partial charge in [0, 0.05) is 13.2 Å². The second-order valence-corrected chi connectivity index (χ2v) is 4.49. The predicted molar refractivity (Wildman–Crippen MR) is 72.6 cm³/mol. The minimum atomic E-state index is -0.391. The Hall–Kier alpha value is -2.15. The Kier molecular flexibility index (Phi) is 4.52. The number of furan rings is 1. The molecule has 2 rings (SSSR count). The molecule has 2 aromatic heterocycles. The molecule has 7 nitrogen and oxygen atoms in total. The van der Waals surface area contributed by atoms with Crippen molar-refractivity contribution in [3.05, 3.63) is 28.0 Å². The van der Waals surface area contributed by atoms with Gasteiger partial charge in [0.25, 0.3) is 11.5 Å². The van der Waals surface area contributed by atoms with Crippen molar-refractivity contribution in [3.8, 4) is 0 Å². The summed E-state index contributed by atoms with van der Waals surface area (Å²) in [6.45, 7) is 2.27. The number of aliphatic hydroxyl groups is 1. The molecular formula is C13H17N3O4. The van der Waals surface area contributed by atoms with Crippen molar-refractivity contribution in [2.45, 2.75) is 26.2 Å². The van der Waals surface area contributed by atoms with Crippen LogP contribution in [0.2, 0.25) is 0 Å². The SMILES string of the molecule is Cc1oc2nc[nH]c(=O)c2c1C(=O)NCCCCCO. The Balaban J connectivity index is 2.14. The van der Waals surface area contributed by atoms with E-state index in [-0.39, 0.29) is 29.2 Å². The van der Waals surface area contributed by atoms with Crippen LogP contribution in [0.3, 0.4) is 0 Å². The average molecular weight is 279 g/mol. The molecule has 0 spiro atoms. The van der Waals surface area contributed by atoms with Crippen LogP contribution >= 0.6 is 0 Å². The van der Waals surface area contributed by atoms with Gasteiger partial charge in [-0.3, -0.25) is 9.59 Å². The molecule has 20 heavy (non-hydrogen) atoms. The predicted octanol–water partition coefficient (Wildman–Crippen LogP) is 0.717. The zero-order valence-electron chi connectivity index (χ0n) is 11.2. The molecule has 1 amide bonds. The van der Waals surface area contributed by atoms with Gasteiger partial charge in [-0.1, -0.05) is 0 Å². The summed E-state index contributed by atoms with van der Waals surface area (Å²) in [7, 11) is 0. The number of rotatable bonds is 6. The highest BCUT2D eigenvalue weighted by molar-refractivity contribution is 6.06. The third-order valence-corrected chi connectivity index (χ3v) is 3.02. The Labute approximate surface area is 115 Å². The number of nitrogens with zero attached hydrogens (tertiary/aromatic N) is 1. The lowest BCUT2D eigenvalue weighted by Gasteiger charge is -2.04. The molecule has 2 heterocycles. The molecule has 2 aromatic rings. The van der Waals surface area contributed by atoms with Crippen LogP contribution in [0, 0.1) is 6.92 Å². The maximum Gasteiger partial charge on any atom is 0.262 e. The molecule has 0 saturated carbocycles. The fourth-order valence-electron chi connectivity index (χ4n) is 2.03. The third-order valence-electron chi connectivity index (χ3n) is 3.02. The van der Waals surface area contributed by atoms with Gasteiger partial charge in [-0.25, -0.2) is 4.98 Å². The minimum absolute atomic E-state index is 0.153. The second kappa shape index (κ2) is 6.33. The van der Waals surface area contributed by atoms with E-state index >= 15 is 0 Å².